The second kappa shape index (κ2) is 10.5. The van der Waals surface area contributed by atoms with E-state index < -0.39 is 0 Å². The summed E-state index contributed by atoms with van der Waals surface area (Å²) >= 11 is 5.62. The molecule has 0 rings (SSSR count). The van der Waals surface area contributed by atoms with E-state index in [4.69, 9.17) is 10.7 Å². The predicted octanol–water partition coefficient (Wildman–Crippen LogP) is 2.18. The lowest BCUT2D eigenvalue weighted by Gasteiger charge is -2.10. The van der Waals surface area contributed by atoms with E-state index >= 15 is 0 Å². The molecule has 0 aliphatic carbocycles. The number of carbonyl (C=O) groups excluding carboxylic acids is 1. The van der Waals surface area contributed by atoms with Crippen LogP contribution in [0.15, 0.2) is 11.6 Å². The van der Waals surface area contributed by atoms with Gasteiger partial charge in [-0.05, 0) is 36.8 Å². The number of aldehydes is 1. The molecule has 0 aromatic heterocycles. The molecule has 0 aromatic carbocycles. The van der Waals surface area contributed by atoms with E-state index in [1.807, 2.05) is 12.3 Å². The first-order valence-corrected chi connectivity index (χ1v) is 6.84. The van der Waals surface area contributed by atoms with Crippen LogP contribution in [-0.4, -0.2) is 23.7 Å². The SMILES string of the molecule is CS[C@@H](C/C(C=O)=C\CCCCS)ON. The van der Waals surface area contributed by atoms with Gasteiger partial charge in [0.25, 0.3) is 0 Å². The van der Waals surface area contributed by atoms with Crippen LogP contribution in [0.4, 0.5) is 0 Å². The normalized spacial score (nSPS) is 13.9. The lowest BCUT2D eigenvalue weighted by Crippen LogP contribution is -2.14. The van der Waals surface area contributed by atoms with Gasteiger partial charge in [-0.2, -0.15) is 12.6 Å². The van der Waals surface area contributed by atoms with Crippen molar-refractivity contribution in [3.05, 3.63) is 11.6 Å². The number of nitrogens with two attached hydrogens (primary N) is 1. The second-order valence-corrected chi connectivity index (χ2v) is 4.57. The summed E-state index contributed by atoms with van der Waals surface area (Å²) in [6.45, 7) is 0. The zero-order valence-corrected chi connectivity index (χ0v) is 10.7. The summed E-state index contributed by atoms with van der Waals surface area (Å²) in [5, 5.41) is 0. The van der Waals surface area contributed by atoms with E-state index in [1.54, 1.807) is 0 Å². The number of hydrogen-bond acceptors (Lipinski definition) is 5. The molecule has 0 unspecified atom stereocenters. The molecular weight excluding hydrogens is 230 g/mol. The second-order valence-electron chi connectivity index (χ2n) is 3.12. The van der Waals surface area contributed by atoms with E-state index in [9.17, 15) is 4.79 Å². The van der Waals surface area contributed by atoms with Crippen molar-refractivity contribution in [1.82, 2.24) is 0 Å². The Hall–Kier alpha value is 0.0300. The van der Waals surface area contributed by atoms with Crippen molar-refractivity contribution >= 4 is 30.7 Å². The number of rotatable bonds is 9. The highest BCUT2D eigenvalue weighted by Gasteiger charge is 2.08. The van der Waals surface area contributed by atoms with Crippen molar-refractivity contribution in [1.29, 1.82) is 0 Å². The van der Waals surface area contributed by atoms with Gasteiger partial charge in [0.2, 0.25) is 0 Å². The van der Waals surface area contributed by atoms with E-state index in [-0.39, 0.29) is 5.44 Å². The highest BCUT2D eigenvalue weighted by molar-refractivity contribution is 7.99. The Kier molecular flexibility index (Phi) is 10.6. The van der Waals surface area contributed by atoms with E-state index in [0.29, 0.717) is 6.42 Å². The first kappa shape index (κ1) is 15.0. The third-order valence-corrected chi connectivity index (χ3v) is 3.11. The Morgan fingerprint density at radius 1 is 1.60 bits per heavy atom. The number of unbranched alkanes of at least 4 members (excludes halogenated alkanes) is 2. The summed E-state index contributed by atoms with van der Waals surface area (Å²) in [4.78, 5) is 15.5. The van der Waals surface area contributed by atoms with Crippen LogP contribution in [-0.2, 0) is 9.63 Å². The smallest absolute Gasteiger partial charge is 0.145 e. The summed E-state index contributed by atoms with van der Waals surface area (Å²) in [7, 11) is 0. The Bertz CT molecular complexity index is 194. The molecule has 0 spiro atoms. The maximum Gasteiger partial charge on any atom is 0.145 e. The fraction of sp³-hybridized carbons (Fsp3) is 0.700. The lowest BCUT2D eigenvalue weighted by molar-refractivity contribution is -0.105. The number of thioether (sulfide) groups is 1. The van der Waals surface area contributed by atoms with Gasteiger partial charge in [-0.15, -0.1) is 11.8 Å². The van der Waals surface area contributed by atoms with E-state index in [0.717, 1.165) is 36.9 Å². The minimum Gasteiger partial charge on any atom is -0.298 e. The Labute approximate surface area is 101 Å². The fourth-order valence-electron chi connectivity index (χ4n) is 1.10. The zero-order valence-electron chi connectivity index (χ0n) is 9.02. The van der Waals surface area contributed by atoms with Crippen LogP contribution in [0.5, 0.6) is 0 Å². The highest BCUT2D eigenvalue weighted by Crippen LogP contribution is 2.16. The minimum absolute atomic E-state index is 0.133. The number of allylic oxidation sites excluding steroid dienone is 1. The fourth-order valence-corrected chi connectivity index (χ4v) is 1.80. The third-order valence-electron chi connectivity index (χ3n) is 1.99. The number of thiol groups is 1. The van der Waals surface area contributed by atoms with E-state index in [1.165, 1.54) is 11.8 Å². The van der Waals surface area contributed by atoms with Gasteiger partial charge in [0.15, 0.2) is 0 Å². The van der Waals surface area contributed by atoms with Crippen molar-refractivity contribution < 1.29 is 9.63 Å². The van der Waals surface area contributed by atoms with Crippen molar-refractivity contribution in [3.8, 4) is 0 Å². The molecule has 15 heavy (non-hydrogen) atoms. The van der Waals surface area contributed by atoms with Crippen LogP contribution in [0.3, 0.4) is 0 Å². The first-order valence-electron chi connectivity index (χ1n) is 4.91. The van der Waals surface area contributed by atoms with Crippen molar-refractivity contribution in [2.75, 3.05) is 12.0 Å². The van der Waals surface area contributed by atoms with Crippen LogP contribution in [0.25, 0.3) is 0 Å². The maximum atomic E-state index is 10.7. The third kappa shape index (κ3) is 7.90. The highest BCUT2D eigenvalue weighted by atomic mass is 32.2. The average Bonchev–Trinajstić information content (AvgIpc) is 2.28. The summed E-state index contributed by atoms with van der Waals surface area (Å²) in [6.07, 6.45) is 8.37. The van der Waals surface area contributed by atoms with Crippen LogP contribution in [0, 0.1) is 0 Å². The van der Waals surface area contributed by atoms with Gasteiger partial charge in [-0.1, -0.05) is 6.08 Å². The van der Waals surface area contributed by atoms with Crippen LogP contribution >= 0.6 is 24.4 Å². The maximum absolute atomic E-state index is 10.7. The molecule has 1 atom stereocenters. The molecule has 0 heterocycles. The summed E-state index contributed by atoms with van der Waals surface area (Å²) in [5.41, 5.74) is 0.630. The van der Waals surface area contributed by atoms with Gasteiger partial charge < -0.3 is 0 Å². The van der Waals surface area contributed by atoms with Gasteiger partial charge in [0, 0.05) is 6.42 Å². The molecule has 0 saturated heterocycles. The number of carbonyl (C=O) groups is 1. The minimum atomic E-state index is -0.133. The Morgan fingerprint density at radius 2 is 2.33 bits per heavy atom. The molecule has 0 fully saturated rings. The molecular formula is C10H19NO2S2. The molecule has 0 aliphatic heterocycles. The molecule has 0 amide bonds. The molecule has 2 N–H and O–H groups in total. The molecule has 0 aromatic rings. The van der Waals surface area contributed by atoms with Gasteiger partial charge in [-0.3, -0.25) is 9.63 Å². The van der Waals surface area contributed by atoms with Crippen molar-refractivity contribution in [2.24, 2.45) is 5.90 Å². The summed E-state index contributed by atoms with van der Waals surface area (Å²) < 4.78 is 0. The lowest BCUT2D eigenvalue weighted by atomic mass is 10.1. The van der Waals surface area contributed by atoms with Crippen LogP contribution in [0.1, 0.15) is 25.7 Å². The Morgan fingerprint density at radius 3 is 2.80 bits per heavy atom. The topological polar surface area (TPSA) is 52.3 Å². The largest absolute Gasteiger partial charge is 0.298 e. The van der Waals surface area contributed by atoms with Gasteiger partial charge >= 0.3 is 0 Å². The molecule has 0 saturated carbocycles. The van der Waals surface area contributed by atoms with Gasteiger partial charge in [0.1, 0.15) is 11.7 Å². The molecule has 0 aliphatic rings. The van der Waals surface area contributed by atoms with Crippen molar-refractivity contribution in [2.45, 2.75) is 31.1 Å². The molecule has 3 nitrogen and oxygen atoms in total. The molecule has 5 heteroatoms. The van der Waals surface area contributed by atoms with Gasteiger partial charge in [-0.25, -0.2) is 5.90 Å². The van der Waals surface area contributed by atoms with Crippen molar-refractivity contribution in [3.63, 3.8) is 0 Å². The summed E-state index contributed by atoms with van der Waals surface area (Å²) in [6, 6.07) is 0. The molecule has 88 valence electrons. The molecule has 0 bridgehead atoms. The first-order chi connectivity index (χ1) is 7.28. The van der Waals surface area contributed by atoms with Crippen LogP contribution < -0.4 is 5.90 Å². The number of hydrogen-bond donors (Lipinski definition) is 2. The van der Waals surface area contributed by atoms with E-state index in [2.05, 4.69) is 12.6 Å². The standard InChI is InChI=1S/C10H19NO2S2/c1-15-10(13-11)7-9(8-12)5-3-2-4-6-14/h5,8,10,14H,2-4,6-7,11H2,1H3/b9-5+/t10-/m0/s1. The zero-order chi connectivity index (χ0) is 11.5. The predicted molar refractivity (Wildman–Crippen MR) is 69.0 cm³/mol. The van der Waals surface area contributed by atoms with Gasteiger partial charge in [0.05, 0.1) is 0 Å². The average molecular weight is 249 g/mol. The summed E-state index contributed by atoms with van der Waals surface area (Å²) in [5.74, 6) is 5.98. The Balaban J connectivity index is 3.93. The van der Waals surface area contributed by atoms with Crippen LogP contribution in [0.2, 0.25) is 0 Å². The monoisotopic (exact) mass is 249 g/mol. The quantitative estimate of drug-likeness (QED) is 0.164. The molecule has 0 radical (unpaired) electrons.